The van der Waals surface area contributed by atoms with E-state index in [9.17, 15) is 18.6 Å². The quantitative estimate of drug-likeness (QED) is 0.266. The molecule has 0 aromatic heterocycles. The fourth-order valence-corrected chi connectivity index (χ4v) is 0.0630. The average molecular weight is 262 g/mol. The first-order valence-electron chi connectivity index (χ1n) is 3.94. The molecule has 0 aliphatic rings. The standard InChI is InChI=1S/C4H12N.C2F2O4.BH3O3/c1-5(2,3)4;3-7-1(5)2(6)8-4;2-1(3)4/h1-4H3;;2-4H/q+1;;. The highest BCUT2D eigenvalue weighted by Gasteiger charge is 2.18. The predicted octanol–water partition coefficient (Wildman–Crippen LogP) is -1.89. The zero-order valence-corrected chi connectivity index (χ0v) is 9.76. The lowest BCUT2D eigenvalue weighted by molar-refractivity contribution is -0.849. The van der Waals surface area contributed by atoms with Gasteiger partial charge < -0.3 is 19.6 Å². The van der Waals surface area contributed by atoms with Crippen molar-refractivity contribution in [3.05, 3.63) is 0 Å². The van der Waals surface area contributed by atoms with Crippen LogP contribution >= 0.6 is 0 Å². The molecular formula is C6H15BF2NO7+. The second-order valence-electron chi connectivity index (χ2n) is 3.76. The molecule has 3 N–H and O–H groups in total. The molecule has 0 amide bonds. The Balaban J connectivity index is -0.000000188. The third kappa shape index (κ3) is 52.8. The summed E-state index contributed by atoms with van der Waals surface area (Å²) < 4.78 is 22.0. The lowest BCUT2D eigenvalue weighted by atomic mass is 10.3. The number of carbonyl (C=O) groups is 2. The van der Waals surface area contributed by atoms with Gasteiger partial charge in [0.05, 0.1) is 28.2 Å². The van der Waals surface area contributed by atoms with Crippen LogP contribution in [0.2, 0.25) is 0 Å². The second kappa shape index (κ2) is 11.2. The molecule has 0 fully saturated rings. The first-order valence-corrected chi connectivity index (χ1v) is 3.94. The van der Waals surface area contributed by atoms with Crippen LogP contribution in [0.25, 0.3) is 0 Å². The van der Waals surface area contributed by atoms with E-state index >= 15 is 0 Å². The topological polar surface area (TPSA) is 113 Å². The van der Waals surface area contributed by atoms with Crippen LogP contribution in [-0.2, 0) is 19.5 Å². The average Bonchev–Trinajstić information content (AvgIpc) is 2.11. The summed E-state index contributed by atoms with van der Waals surface area (Å²) in [5, 5.41) is 21.5. The third-order valence-electron chi connectivity index (χ3n) is 0.307. The van der Waals surface area contributed by atoms with E-state index in [1.165, 1.54) is 0 Å². The van der Waals surface area contributed by atoms with Crippen LogP contribution in [-0.4, -0.2) is 67.0 Å². The molecule has 0 heterocycles. The van der Waals surface area contributed by atoms with E-state index < -0.39 is 19.3 Å². The Labute approximate surface area is 96.5 Å². The summed E-state index contributed by atoms with van der Waals surface area (Å²) >= 11 is 0. The minimum atomic E-state index is -2.17. The van der Waals surface area contributed by atoms with Crippen LogP contribution in [0.15, 0.2) is 0 Å². The van der Waals surface area contributed by atoms with Gasteiger partial charge in [0.25, 0.3) is 0 Å². The highest BCUT2D eigenvalue weighted by molar-refractivity contribution is 6.30. The molecule has 0 aliphatic heterocycles. The second-order valence-corrected chi connectivity index (χ2v) is 3.76. The highest BCUT2D eigenvalue weighted by atomic mass is 19.3. The third-order valence-corrected chi connectivity index (χ3v) is 0.307. The van der Waals surface area contributed by atoms with Crippen molar-refractivity contribution in [2.45, 2.75) is 0 Å². The number of hydrogen-bond acceptors (Lipinski definition) is 7. The van der Waals surface area contributed by atoms with Gasteiger partial charge in [-0.25, -0.2) is 19.5 Å². The van der Waals surface area contributed by atoms with Crippen molar-refractivity contribution in [2.24, 2.45) is 0 Å². The Hall–Kier alpha value is -1.30. The van der Waals surface area contributed by atoms with E-state index in [0.717, 1.165) is 4.48 Å². The molecule has 0 aliphatic carbocycles. The fourth-order valence-electron chi connectivity index (χ4n) is 0.0630. The summed E-state index contributed by atoms with van der Waals surface area (Å²) in [6.45, 7) is 0. The van der Waals surface area contributed by atoms with Crippen molar-refractivity contribution in [1.29, 1.82) is 0 Å². The molecule has 8 nitrogen and oxygen atoms in total. The molecule has 102 valence electrons. The summed E-state index contributed by atoms with van der Waals surface area (Å²) in [4.78, 5) is 23.4. The van der Waals surface area contributed by atoms with Crippen LogP contribution < -0.4 is 0 Å². The Morgan fingerprint density at radius 2 is 1.06 bits per heavy atom. The first-order chi connectivity index (χ1) is 7.45. The number of halogens is 2. The van der Waals surface area contributed by atoms with E-state index in [0.29, 0.717) is 0 Å². The van der Waals surface area contributed by atoms with Gasteiger partial charge in [-0.05, 0) is 0 Å². The Morgan fingerprint density at radius 3 is 1.12 bits per heavy atom. The van der Waals surface area contributed by atoms with Gasteiger partial charge in [0.15, 0.2) is 0 Å². The maximum Gasteiger partial charge on any atom is 0.631 e. The molecule has 0 spiro atoms. The van der Waals surface area contributed by atoms with Gasteiger partial charge in [0.1, 0.15) is 0 Å². The lowest BCUT2D eigenvalue weighted by Crippen LogP contribution is -2.27. The molecule has 0 saturated heterocycles. The molecule has 0 aromatic rings. The number of nitrogens with zero attached hydrogens (tertiary/aromatic N) is 1. The van der Waals surface area contributed by atoms with Gasteiger partial charge >= 0.3 is 19.3 Å². The fraction of sp³-hybridized carbons (Fsp3) is 0.667. The zero-order valence-electron chi connectivity index (χ0n) is 9.76. The van der Waals surface area contributed by atoms with Crippen LogP contribution in [0.4, 0.5) is 9.05 Å². The summed E-state index contributed by atoms with van der Waals surface area (Å²) in [5.74, 6) is -4.04. The molecule has 0 radical (unpaired) electrons. The van der Waals surface area contributed by atoms with Crippen molar-refractivity contribution in [3.63, 3.8) is 0 Å². The summed E-state index contributed by atoms with van der Waals surface area (Å²) in [7, 11) is 6.33. The molecule has 17 heavy (non-hydrogen) atoms. The molecule has 11 heteroatoms. The maximum atomic E-state index is 10.5. The maximum absolute atomic E-state index is 10.5. The van der Waals surface area contributed by atoms with E-state index in [2.05, 4.69) is 38.1 Å². The Kier molecular flexibility index (Phi) is 13.9. The minimum absolute atomic E-state index is 1.00. The molecule has 0 saturated carbocycles. The first kappa shape index (κ1) is 21.0. The SMILES string of the molecule is C[N+](C)(C)C.O=C(OF)C(=O)OF.OB(O)O. The van der Waals surface area contributed by atoms with Gasteiger partial charge in [-0.2, -0.15) is 0 Å². The molecule has 0 aromatic carbocycles. The van der Waals surface area contributed by atoms with Crippen LogP contribution in [0, 0.1) is 0 Å². The largest absolute Gasteiger partial charge is 0.631 e. The number of quaternary nitrogens is 1. The van der Waals surface area contributed by atoms with E-state index in [4.69, 9.17) is 15.1 Å². The lowest BCUT2D eigenvalue weighted by Gasteiger charge is -2.14. The van der Waals surface area contributed by atoms with E-state index in [1.54, 1.807) is 0 Å². The minimum Gasteiger partial charge on any atom is -0.402 e. The highest BCUT2D eigenvalue weighted by Crippen LogP contribution is 1.83. The van der Waals surface area contributed by atoms with Crippen molar-refractivity contribution in [2.75, 3.05) is 28.2 Å². The molecular weight excluding hydrogens is 247 g/mol. The van der Waals surface area contributed by atoms with Crippen molar-refractivity contribution >= 4 is 19.3 Å². The monoisotopic (exact) mass is 262 g/mol. The van der Waals surface area contributed by atoms with Crippen molar-refractivity contribution in [1.82, 2.24) is 0 Å². The molecule has 0 atom stereocenters. The molecule has 0 unspecified atom stereocenters. The van der Waals surface area contributed by atoms with Crippen LogP contribution in [0.5, 0.6) is 0 Å². The summed E-state index contributed by atoms with van der Waals surface area (Å²) in [6.07, 6.45) is 0. The smallest absolute Gasteiger partial charge is 0.402 e. The van der Waals surface area contributed by atoms with Crippen LogP contribution in [0.1, 0.15) is 0 Å². The van der Waals surface area contributed by atoms with Crippen molar-refractivity contribution < 1.29 is 48.1 Å². The Bertz CT molecular complexity index is 198. The zero-order chi connectivity index (χ0) is 14.6. The van der Waals surface area contributed by atoms with E-state index in [-0.39, 0.29) is 0 Å². The summed E-state index contributed by atoms with van der Waals surface area (Å²) in [5.41, 5.74) is 0. The normalized spacial score (nSPS) is 8.76. The Morgan fingerprint density at radius 1 is 0.941 bits per heavy atom. The van der Waals surface area contributed by atoms with E-state index in [1.807, 2.05) is 0 Å². The van der Waals surface area contributed by atoms with Gasteiger partial charge in [0, 0.05) is 9.05 Å². The van der Waals surface area contributed by atoms with Crippen molar-refractivity contribution in [3.8, 4) is 0 Å². The number of hydrogen-bond donors (Lipinski definition) is 3. The van der Waals surface area contributed by atoms with Crippen LogP contribution in [0.3, 0.4) is 0 Å². The number of carbonyl (C=O) groups excluding carboxylic acids is 2. The summed E-state index contributed by atoms with van der Waals surface area (Å²) in [6, 6.07) is 0. The van der Waals surface area contributed by atoms with Gasteiger partial charge in [-0.1, -0.05) is 0 Å². The van der Waals surface area contributed by atoms with Gasteiger partial charge in [-0.3, -0.25) is 0 Å². The molecule has 0 rings (SSSR count). The number of rotatable bonds is 0. The predicted molar refractivity (Wildman–Crippen MR) is 50.8 cm³/mol. The van der Waals surface area contributed by atoms with Gasteiger partial charge in [0.2, 0.25) is 0 Å². The molecule has 0 bridgehead atoms. The van der Waals surface area contributed by atoms with Gasteiger partial charge in [-0.15, -0.1) is 0 Å².